The van der Waals surface area contributed by atoms with E-state index in [4.69, 9.17) is 28.9 Å². The number of hydrogen-bond acceptors (Lipinski definition) is 9. The molecule has 0 spiro atoms. The van der Waals surface area contributed by atoms with E-state index in [0.29, 0.717) is 33.3 Å². The number of para-hydroxylation sites is 1. The number of fused-ring (bicyclic) bond motifs is 2. The van der Waals surface area contributed by atoms with Gasteiger partial charge in [0.2, 0.25) is 0 Å². The van der Waals surface area contributed by atoms with E-state index in [1.54, 1.807) is 43.0 Å². The molecule has 4 heterocycles. The van der Waals surface area contributed by atoms with Crippen LogP contribution in [0.5, 0.6) is 11.5 Å². The molecule has 0 fully saturated rings. The molecule has 0 amide bonds. The minimum atomic E-state index is -4.44. The highest BCUT2D eigenvalue weighted by Gasteiger charge is 2.30. The first-order chi connectivity index (χ1) is 28.6. The molecule has 0 aliphatic carbocycles. The van der Waals surface area contributed by atoms with E-state index in [1.165, 1.54) is 0 Å². The standard InChI is InChI=1S/C23H20ClN3O.C9H7NO.C8H4ClF3O.C6H8N2/c1-14-5-9-19(24)18(12-14)22(27-20-10-6-15(2)13-26-20)17-8-7-16-4-3-11-25-21(16)23(17)28;11-8-5-1-3-7-4-2-6-10-9(7)8;9-7-2-1-6(8(10,11)12)3-5(7)4-13;1-5-2-3-6(7)8-4-5/h3-13,22,28H,1-2H3,(H,26,27);1-6,11H;1-4H;2-4H,1H3,(H2,7,8). The van der Waals surface area contributed by atoms with Crippen molar-refractivity contribution in [3.05, 3.63) is 189 Å². The van der Waals surface area contributed by atoms with Crippen LogP contribution in [0, 0.1) is 20.8 Å². The van der Waals surface area contributed by atoms with Gasteiger partial charge in [0, 0.05) is 51.7 Å². The smallest absolute Gasteiger partial charge is 0.416 e. The summed E-state index contributed by atoms with van der Waals surface area (Å²) >= 11 is 12.0. The van der Waals surface area contributed by atoms with Crippen LogP contribution in [0.25, 0.3) is 21.8 Å². The number of rotatable bonds is 5. The highest BCUT2D eigenvalue weighted by molar-refractivity contribution is 6.33. The summed E-state index contributed by atoms with van der Waals surface area (Å²) in [6.07, 6.45) is 2.74. The van der Waals surface area contributed by atoms with Gasteiger partial charge in [-0.1, -0.05) is 89.4 Å². The van der Waals surface area contributed by atoms with Gasteiger partial charge in [0.15, 0.2) is 6.29 Å². The lowest BCUT2D eigenvalue weighted by atomic mass is 9.95. The predicted octanol–water partition coefficient (Wildman–Crippen LogP) is 11.9. The Morgan fingerprint density at radius 3 is 1.88 bits per heavy atom. The van der Waals surface area contributed by atoms with Gasteiger partial charge in [-0.3, -0.25) is 14.8 Å². The summed E-state index contributed by atoms with van der Waals surface area (Å²) in [7, 11) is 0. The molecule has 5 N–H and O–H groups in total. The average Bonchev–Trinajstić information content (AvgIpc) is 3.24. The number of nitrogens with one attached hydrogen (secondary N) is 1. The Morgan fingerprint density at radius 2 is 1.28 bits per heavy atom. The zero-order valence-electron chi connectivity index (χ0n) is 32.5. The van der Waals surface area contributed by atoms with E-state index < -0.39 is 11.7 Å². The molecule has 1 atom stereocenters. The van der Waals surface area contributed by atoms with Crippen molar-refractivity contribution in [2.75, 3.05) is 11.1 Å². The number of phenolic OH excluding ortho intramolecular Hbond substituents is 2. The van der Waals surface area contributed by atoms with Crippen molar-refractivity contribution in [2.24, 2.45) is 0 Å². The van der Waals surface area contributed by atoms with Gasteiger partial charge < -0.3 is 21.3 Å². The van der Waals surface area contributed by atoms with Crippen LogP contribution in [0.3, 0.4) is 0 Å². The highest BCUT2D eigenvalue weighted by Crippen LogP contribution is 2.39. The van der Waals surface area contributed by atoms with Gasteiger partial charge in [-0.25, -0.2) is 9.97 Å². The molecule has 4 aromatic heterocycles. The number of hydrogen-bond donors (Lipinski definition) is 4. The monoisotopic (exact) mass is 850 g/mol. The number of aldehydes is 1. The van der Waals surface area contributed by atoms with E-state index in [9.17, 15) is 28.2 Å². The zero-order valence-corrected chi connectivity index (χ0v) is 34.0. The number of phenols is 2. The van der Waals surface area contributed by atoms with Crippen LogP contribution in [0.4, 0.5) is 24.8 Å². The summed E-state index contributed by atoms with van der Waals surface area (Å²) in [6, 6.07) is 32.5. The maximum absolute atomic E-state index is 12.1. The number of pyridine rings is 4. The van der Waals surface area contributed by atoms with Gasteiger partial charge in [-0.05, 0) is 92.1 Å². The Morgan fingerprint density at radius 1 is 0.667 bits per heavy atom. The van der Waals surface area contributed by atoms with Crippen molar-refractivity contribution in [3.63, 3.8) is 0 Å². The number of anilines is 2. The molecule has 0 saturated heterocycles. The molecule has 0 aliphatic heterocycles. The number of nitrogens with zero attached hydrogens (tertiary/aromatic N) is 4. The second-order valence-electron chi connectivity index (χ2n) is 13.4. The SMILES string of the molecule is Cc1ccc(N)nc1.Cc1ccc(NC(c2cc(C)ccc2Cl)c2ccc3cccnc3c2O)nc1.O=Cc1cc(C(F)(F)F)ccc1Cl.Oc1cccc2cccnc12. The van der Waals surface area contributed by atoms with E-state index in [1.807, 2.05) is 99.6 Å². The maximum Gasteiger partial charge on any atom is 0.416 e. The molecule has 0 radical (unpaired) electrons. The number of alkyl halides is 3. The predicted molar refractivity (Wildman–Crippen MR) is 233 cm³/mol. The summed E-state index contributed by atoms with van der Waals surface area (Å²) in [6.45, 7) is 5.99. The third-order valence-electron chi connectivity index (χ3n) is 8.75. The molecule has 0 aliphatic rings. The highest BCUT2D eigenvalue weighted by atomic mass is 35.5. The third-order valence-corrected chi connectivity index (χ3v) is 9.44. The van der Waals surface area contributed by atoms with Crippen LogP contribution >= 0.6 is 23.2 Å². The molecular weight excluding hydrogens is 812 g/mol. The third kappa shape index (κ3) is 11.9. The summed E-state index contributed by atoms with van der Waals surface area (Å²) < 4.78 is 36.2. The van der Waals surface area contributed by atoms with Gasteiger partial charge in [0.25, 0.3) is 0 Å². The Labute approximate surface area is 354 Å². The van der Waals surface area contributed by atoms with Gasteiger partial charge >= 0.3 is 6.18 Å². The lowest BCUT2D eigenvalue weighted by Crippen LogP contribution is -2.14. The van der Waals surface area contributed by atoms with E-state index in [2.05, 4.69) is 25.3 Å². The molecule has 4 aromatic carbocycles. The lowest BCUT2D eigenvalue weighted by Gasteiger charge is -2.23. The molecular formula is C46H39Cl2F3N6O3. The lowest BCUT2D eigenvalue weighted by molar-refractivity contribution is -0.137. The largest absolute Gasteiger partial charge is 0.506 e. The second kappa shape index (κ2) is 20.3. The van der Waals surface area contributed by atoms with E-state index in [0.717, 1.165) is 51.2 Å². The van der Waals surface area contributed by atoms with E-state index >= 15 is 0 Å². The molecule has 0 saturated carbocycles. The summed E-state index contributed by atoms with van der Waals surface area (Å²) in [5.41, 5.74) is 10.4. The molecule has 9 nitrogen and oxygen atoms in total. The number of aromatic hydroxyl groups is 2. The van der Waals surface area contributed by atoms with Crippen LogP contribution in [0.2, 0.25) is 10.0 Å². The number of carbonyl (C=O) groups is 1. The topological polar surface area (TPSA) is 147 Å². The summed E-state index contributed by atoms with van der Waals surface area (Å²) in [5, 5.41) is 26.2. The minimum Gasteiger partial charge on any atom is -0.506 e. The minimum absolute atomic E-state index is 0.0167. The first-order valence-electron chi connectivity index (χ1n) is 18.2. The Bertz CT molecular complexity index is 2670. The summed E-state index contributed by atoms with van der Waals surface area (Å²) in [5.74, 6) is 1.66. The molecule has 306 valence electrons. The Balaban J connectivity index is 0.000000175. The number of nitrogen functional groups attached to an aromatic ring is 1. The van der Waals surface area contributed by atoms with Crippen LogP contribution in [-0.4, -0.2) is 36.4 Å². The average molecular weight is 852 g/mol. The number of carbonyl (C=O) groups excluding carboxylic acids is 1. The first-order valence-corrected chi connectivity index (χ1v) is 18.9. The van der Waals surface area contributed by atoms with Crippen molar-refractivity contribution in [3.8, 4) is 11.5 Å². The number of aromatic nitrogens is 4. The fourth-order valence-corrected chi connectivity index (χ4v) is 6.05. The molecule has 60 heavy (non-hydrogen) atoms. The van der Waals surface area contributed by atoms with Crippen LogP contribution in [0.15, 0.2) is 140 Å². The van der Waals surface area contributed by atoms with Gasteiger partial charge in [0.1, 0.15) is 34.2 Å². The Kier molecular flexibility index (Phi) is 15.0. The van der Waals surface area contributed by atoms with Crippen molar-refractivity contribution in [2.45, 2.75) is 33.0 Å². The fraction of sp³-hybridized carbons (Fsp3) is 0.109. The molecule has 14 heteroatoms. The van der Waals surface area contributed by atoms with Gasteiger partial charge in [-0.15, -0.1) is 0 Å². The second-order valence-corrected chi connectivity index (χ2v) is 14.2. The molecule has 1 unspecified atom stereocenters. The maximum atomic E-state index is 12.1. The van der Waals surface area contributed by atoms with Gasteiger partial charge in [0.05, 0.1) is 16.6 Å². The molecule has 0 bridgehead atoms. The van der Waals surface area contributed by atoms with Crippen molar-refractivity contribution in [1.82, 2.24) is 19.9 Å². The fourth-order valence-electron chi connectivity index (χ4n) is 5.66. The number of benzene rings is 4. The normalized spacial score (nSPS) is 11.2. The van der Waals surface area contributed by atoms with Crippen molar-refractivity contribution >= 4 is 62.9 Å². The number of halogens is 5. The molecule has 8 rings (SSSR count). The van der Waals surface area contributed by atoms with Gasteiger partial charge in [-0.2, -0.15) is 13.2 Å². The van der Waals surface area contributed by atoms with Crippen LogP contribution in [0.1, 0.15) is 49.8 Å². The molecule has 8 aromatic rings. The van der Waals surface area contributed by atoms with Crippen molar-refractivity contribution < 1.29 is 28.2 Å². The van der Waals surface area contributed by atoms with Crippen LogP contribution in [-0.2, 0) is 6.18 Å². The zero-order chi connectivity index (χ0) is 43.4. The number of aryl methyl sites for hydroxylation is 3. The van der Waals surface area contributed by atoms with Crippen LogP contribution < -0.4 is 11.1 Å². The first kappa shape index (κ1) is 44.3. The Hall–Kier alpha value is -6.76. The number of nitrogens with two attached hydrogens (primary N) is 1. The van der Waals surface area contributed by atoms with Crippen molar-refractivity contribution in [1.29, 1.82) is 0 Å². The summed E-state index contributed by atoms with van der Waals surface area (Å²) in [4.78, 5) is 27.0. The quantitative estimate of drug-likeness (QED) is 0.124. The van der Waals surface area contributed by atoms with E-state index in [-0.39, 0.29) is 34.4 Å².